The van der Waals surface area contributed by atoms with Crippen LogP contribution in [0.1, 0.15) is 66.4 Å². The normalized spacial score (nSPS) is 17.9. The average molecular weight is 653 g/mol. The van der Waals surface area contributed by atoms with Crippen LogP contribution in [0.3, 0.4) is 0 Å². The number of benzene rings is 1. The largest absolute Gasteiger partial charge is 0.474 e. The number of ether oxygens (including phenoxy) is 3. The number of fused-ring (bicyclic) bond motifs is 2. The molecule has 4 amide bonds. The number of aromatic nitrogens is 2. The molecule has 2 aliphatic rings. The first-order valence-corrected chi connectivity index (χ1v) is 15.5. The Morgan fingerprint density at radius 1 is 1.00 bits per heavy atom. The number of urea groups is 1. The number of pyridine rings is 2. The van der Waals surface area contributed by atoms with Gasteiger partial charge in [0.1, 0.15) is 29.3 Å². The number of aliphatic hydroxyl groups is 1. The number of hydrogen-bond donors (Lipinski definition) is 4. The van der Waals surface area contributed by atoms with Crippen LogP contribution in [-0.4, -0.2) is 69.8 Å². The molecule has 252 valence electrons. The molecule has 0 spiro atoms. The fraction of sp³-hybridized carbons (Fsp3) is 0.485. The monoisotopic (exact) mass is 652 g/mol. The number of anilines is 3. The summed E-state index contributed by atoms with van der Waals surface area (Å²) in [6.45, 7) is 12.5. The minimum atomic E-state index is -0.878. The van der Waals surface area contributed by atoms with E-state index in [1.165, 1.54) is 17.3 Å². The van der Waals surface area contributed by atoms with Crippen molar-refractivity contribution in [3.63, 3.8) is 0 Å². The molecule has 1 fully saturated rings. The highest BCUT2D eigenvalue weighted by Gasteiger charge is 2.33. The summed E-state index contributed by atoms with van der Waals surface area (Å²) >= 11 is 0. The van der Waals surface area contributed by atoms with Gasteiger partial charge in [0.25, 0.3) is 0 Å². The summed E-state index contributed by atoms with van der Waals surface area (Å²) in [7, 11) is 0. The van der Waals surface area contributed by atoms with Crippen molar-refractivity contribution in [3.05, 3.63) is 35.9 Å². The van der Waals surface area contributed by atoms with Gasteiger partial charge in [-0.1, -0.05) is 0 Å². The highest BCUT2D eigenvalue weighted by atomic mass is 19.1. The van der Waals surface area contributed by atoms with Crippen LogP contribution in [0.15, 0.2) is 24.5 Å². The molecule has 4 N–H and O–H groups in total. The van der Waals surface area contributed by atoms with E-state index < -0.39 is 41.3 Å². The number of carbonyl (C=O) groups excluding carboxylic acids is 3. The van der Waals surface area contributed by atoms with Gasteiger partial charge in [-0.2, -0.15) is 0 Å². The topological polar surface area (TPSA) is 164 Å². The lowest BCUT2D eigenvalue weighted by Gasteiger charge is -2.32. The number of aliphatic hydroxyl groups excluding tert-OH is 1. The van der Waals surface area contributed by atoms with Gasteiger partial charge in [-0.15, -0.1) is 0 Å². The quantitative estimate of drug-likeness (QED) is 0.255. The van der Waals surface area contributed by atoms with Crippen molar-refractivity contribution in [2.45, 2.75) is 91.1 Å². The zero-order valence-electron chi connectivity index (χ0n) is 27.6. The predicted octanol–water partition coefficient (Wildman–Crippen LogP) is 6.26. The van der Waals surface area contributed by atoms with Gasteiger partial charge in [0.15, 0.2) is 5.82 Å². The van der Waals surface area contributed by atoms with Crippen LogP contribution >= 0.6 is 0 Å². The number of nitrogens with one attached hydrogen (secondary N) is 3. The average Bonchev–Trinajstić information content (AvgIpc) is 3.36. The molecule has 0 unspecified atom stereocenters. The summed E-state index contributed by atoms with van der Waals surface area (Å²) in [5.41, 5.74) is -0.587. The van der Waals surface area contributed by atoms with E-state index in [1.54, 1.807) is 60.6 Å². The van der Waals surface area contributed by atoms with Crippen molar-refractivity contribution < 1.29 is 38.1 Å². The molecule has 0 bridgehead atoms. The van der Waals surface area contributed by atoms with E-state index in [0.717, 1.165) is 6.42 Å². The molecule has 1 aliphatic heterocycles. The van der Waals surface area contributed by atoms with Gasteiger partial charge in [-0.25, -0.2) is 28.7 Å². The van der Waals surface area contributed by atoms with Crippen molar-refractivity contribution in [2.75, 3.05) is 28.7 Å². The molecule has 1 aliphatic carbocycles. The maximum Gasteiger partial charge on any atom is 0.415 e. The fourth-order valence-corrected chi connectivity index (χ4v) is 5.60. The first-order chi connectivity index (χ1) is 22.0. The zero-order chi connectivity index (χ0) is 34.3. The van der Waals surface area contributed by atoms with E-state index in [0.29, 0.717) is 35.0 Å². The molecule has 2 atom stereocenters. The second-order valence-electron chi connectivity index (χ2n) is 13.7. The Kier molecular flexibility index (Phi) is 9.18. The lowest BCUT2D eigenvalue weighted by atomic mass is 9.96. The molecule has 13 nitrogen and oxygen atoms in total. The molecular weight excluding hydrogens is 611 g/mol. The van der Waals surface area contributed by atoms with Crippen LogP contribution in [0, 0.1) is 12.7 Å². The van der Waals surface area contributed by atoms with Gasteiger partial charge in [-0.05, 0) is 90.8 Å². The number of halogens is 1. The van der Waals surface area contributed by atoms with Crippen LogP contribution in [0.4, 0.5) is 36.0 Å². The van der Waals surface area contributed by atoms with E-state index >= 15 is 4.39 Å². The predicted molar refractivity (Wildman–Crippen MR) is 174 cm³/mol. The number of rotatable bonds is 4. The van der Waals surface area contributed by atoms with Crippen LogP contribution in [-0.2, 0) is 9.47 Å². The fourth-order valence-electron chi connectivity index (χ4n) is 5.60. The third kappa shape index (κ3) is 7.64. The van der Waals surface area contributed by atoms with Crippen LogP contribution < -0.4 is 25.6 Å². The van der Waals surface area contributed by atoms with Gasteiger partial charge in [0.2, 0.25) is 5.88 Å². The lowest BCUT2D eigenvalue weighted by molar-refractivity contribution is 0.0564. The van der Waals surface area contributed by atoms with Gasteiger partial charge in [0.05, 0.1) is 24.4 Å². The molecular formula is C33H41FN6O7. The SMILES string of the molecule is Cc1c(-c2cc3cc(NC(=O)N[C@H]4CCC[C@H]4O)ncc3c(NC(=O)OC(C)(C)C)c2F)cnc2c1N(C(=O)OC(C)(C)C)CCO2. The Balaban J connectivity index is 1.59. The van der Waals surface area contributed by atoms with E-state index in [2.05, 4.69) is 25.9 Å². The number of amides is 4. The van der Waals surface area contributed by atoms with E-state index in [-0.39, 0.29) is 47.5 Å². The minimum absolute atomic E-state index is 0.0572. The van der Waals surface area contributed by atoms with Crippen molar-refractivity contribution in [1.29, 1.82) is 0 Å². The maximum absolute atomic E-state index is 16.6. The summed E-state index contributed by atoms with van der Waals surface area (Å²) in [6, 6.07) is 2.17. The molecule has 0 radical (unpaired) electrons. The Bertz CT molecular complexity index is 1720. The van der Waals surface area contributed by atoms with Crippen LogP contribution in [0.5, 0.6) is 5.88 Å². The first-order valence-electron chi connectivity index (χ1n) is 15.5. The van der Waals surface area contributed by atoms with Crippen molar-refractivity contribution in [2.24, 2.45) is 0 Å². The zero-order valence-corrected chi connectivity index (χ0v) is 27.6. The summed E-state index contributed by atoms with van der Waals surface area (Å²) in [6.07, 6.45) is 2.76. The molecule has 1 aromatic carbocycles. The Morgan fingerprint density at radius 3 is 2.38 bits per heavy atom. The van der Waals surface area contributed by atoms with Crippen LogP contribution in [0.25, 0.3) is 21.9 Å². The van der Waals surface area contributed by atoms with Gasteiger partial charge in [-0.3, -0.25) is 15.5 Å². The van der Waals surface area contributed by atoms with Crippen molar-refractivity contribution >= 4 is 46.2 Å². The van der Waals surface area contributed by atoms with Gasteiger partial charge >= 0.3 is 18.2 Å². The minimum Gasteiger partial charge on any atom is -0.474 e. The Morgan fingerprint density at radius 2 is 1.72 bits per heavy atom. The molecule has 3 aromatic rings. The third-order valence-electron chi connectivity index (χ3n) is 7.62. The highest BCUT2D eigenvalue weighted by molar-refractivity contribution is 6.05. The molecule has 14 heteroatoms. The summed E-state index contributed by atoms with van der Waals surface area (Å²) < 4.78 is 33.3. The first kappa shape index (κ1) is 33.6. The molecule has 3 heterocycles. The van der Waals surface area contributed by atoms with E-state index in [4.69, 9.17) is 14.2 Å². The highest BCUT2D eigenvalue weighted by Crippen LogP contribution is 2.42. The number of hydrogen-bond acceptors (Lipinski definition) is 9. The molecule has 2 aromatic heterocycles. The molecule has 1 saturated carbocycles. The Labute approximate surface area is 272 Å². The smallest absolute Gasteiger partial charge is 0.415 e. The Hall–Kier alpha value is -4.72. The summed E-state index contributed by atoms with van der Waals surface area (Å²) in [5.74, 6) is -0.428. The molecule has 5 rings (SSSR count). The molecule has 0 saturated heterocycles. The lowest BCUT2D eigenvalue weighted by Crippen LogP contribution is -2.42. The number of carbonyl (C=O) groups is 3. The second kappa shape index (κ2) is 12.8. The summed E-state index contributed by atoms with van der Waals surface area (Å²) in [5, 5.41) is 18.7. The summed E-state index contributed by atoms with van der Waals surface area (Å²) in [4.78, 5) is 48.9. The van der Waals surface area contributed by atoms with Crippen molar-refractivity contribution in [3.8, 4) is 17.0 Å². The third-order valence-corrected chi connectivity index (χ3v) is 7.62. The molecule has 47 heavy (non-hydrogen) atoms. The van der Waals surface area contributed by atoms with E-state index in [9.17, 15) is 19.5 Å². The van der Waals surface area contributed by atoms with Gasteiger partial charge in [0, 0.05) is 28.9 Å². The van der Waals surface area contributed by atoms with E-state index in [1.807, 2.05) is 0 Å². The maximum atomic E-state index is 16.6. The van der Waals surface area contributed by atoms with Crippen molar-refractivity contribution in [1.82, 2.24) is 15.3 Å². The second-order valence-corrected chi connectivity index (χ2v) is 13.7. The standard InChI is InChI=1S/C33H41FN6O7/c1-17-20(15-36-28-27(17)40(11-12-45-28)31(44)47-33(5,6)7)19-13-18-14-24(38-29(42)37-22-9-8-10-23(22)41)35-16-21(18)26(25(19)34)39-30(43)46-32(2,3)4/h13-16,22-23,41H,8-12H2,1-7H3,(H,39,43)(H2,35,37,38,42)/t22-,23+/m0/s1. The van der Waals surface area contributed by atoms with Gasteiger partial charge < -0.3 is 24.6 Å². The van der Waals surface area contributed by atoms with Crippen LogP contribution in [0.2, 0.25) is 0 Å². The number of nitrogens with zero attached hydrogens (tertiary/aromatic N) is 3.